The molecule has 0 aliphatic carbocycles. The highest BCUT2D eigenvalue weighted by atomic mass is 16.7. The molecule has 0 spiro atoms. The molecular formula is C14H28O3. The molecule has 0 saturated carbocycles. The Morgan fingerprint density at radius 3 is 2.06 bits per heavy atom. The van der Waals surface area contributed by atoms with Gasteiger partial charge in [-0.1, -0.05) is 41.0 Å². The second-order valence-corrected chi connectivity index (χ2v) is 5.68. The van der Waals surface area contributed by atoms with Gasteiger partial charge in [0.2, 0.25) is 0 Å². The molecule has 0 rings (SSSR count). The van der Waals surface area contributed by atoms with Gasteiger partial charge in [0.15, 0.2) is 0 Å². The summed E-state index contributed by atoms with van der Waals surface area (Å²) in [5.41, 5.74) is -0.450. The fraction of sp³-hybridized carbons (Fsp3) is 0.929. The Labute approximate surface area is 106 Å². The van der Waals surface area contributed by atoms with E-state index in [4.69, 9.17) is 9.47 Å². The average Bonchev–Trinajstić information content (AvgIpc) is 2.24. The van der Waals surface area contributed by atoms with Crippen molar-refractivity contribution in [1.82, 2.24) is 0 Å². The van der Waals surface area contributed by atoms with E-state index in [1.54, 1.807) is 0 Å². The minimum atomic E-state index is -0.546. The van der Waals surface area contributed by atoms with E-state index >= 15 is 0 Å². The van der Waals surface area contributed by atoms with Crippen LogP contribution < -0.4 is 0 Å². The van der Waals surface area contributed by atoms with Crippen molar-refractivity contribution < 1.29 is 14.3 Å². The maximum Gasteiger partial charge on any atom is 0.509 e. The summed E-state index contributed by atoms with van der Waals surface area (Å²) in [6.07, 6.45) is 1.15. The Balaban J connectivity index is 4.42. The van der Waals surface area contributed by atoms with E-state index in [1.807, 2.05) is 20.8 Å². The van der Waals surface area contributed by atoms with E-state index in [0.29, 0.717) is 11.8 Å². The molecule has 0 bridgehead atoms. The Hall–Kier alpha value is -0.730. The van der Waals surface area contributed by atoms with Crippen LogP contribution >= 0.6 is 0 Å². The summed E-state index contributed by atoms with van der Waals surface area (Å²) in [5, 5.41) is 0. The molecule has 0 aromatic heterocycles. The van der Waals surface area contributed by atoms with Gasteiger partial charge >= 0.3 is 6.16 Å². The molecule has 0 heterocycles. The van der Waals surface area contributed by atoms with Gasteiger partial charge in [0, 0.05) is 0 Å². The molecule has 2 unspecified atom stereocenters. The summed E-state index contributed by atoms with van der Waals surface area (Å²) < 4.78 is 10.7. The SMILES string of the molecule is CCC(C)C(OC(=O)OC(C)(C)CC)C(C)C. The minimum Gasteiger partial charge on any atom is -0.430 e. The zero-order valence-corrected chi connectivity index (χ0v) is 12.4. The highest BCUT2D eigenvalue weighted by Gasteiger charge is 2.28. The van der Waals surface area contributed by atoms with Crippen LogP contribution in [0.2, 0.25) is 0 Å². The summed E-state index contributed by atoms with van der Waals surface area (Å²) in [6, 6.07) is 0. The summed E-state index contributed by atoms with van der Waals surface area (Å²) in [6.45, 7) is 14.1. The largest absolute Gasteiger partial charge is 0.509 e. The van der Waals surface area contributed by atoms with Gasteiger partial charge in [-0.15, -0.1) is 0 Å². The van der Waals surface area contributed by atoms with Gasteiger partial charge in [0.05, 0.1) is 0 Å². The smallest absolute Gasteiger partial charge is 0.430 e. The first-order chi connectivity index (χ1) is 7.73. The molecule has 0 aromatic rings. The van der Waals surface area contributed by atoms with Crippen molar-refractivity contribution in [3.05, 3.63) is 0 Å². The molecule has 0 aliphatic rings. The van der Waals surface area contributed by atoms with Crippen LogP contribution in [-0.2, 0) is 9.47 Å². The Morgan fingerprint density at radius 2 is 1.71 bits per heavy atom. The van der Waals surface area contributed by atoms with Crippen LogP contribution in [0.15, 0.2) is 0 Å². The topological polar surface area (TPSA) is 35.5 Å². The van der Waals surface area contributed by atoms with Crippen molar-refractivity contribution >= 4 is 6.16 Å². The van der Waals surface area contributed by atoms with Crippen LogP contribution in [0.25, 0.3) is 0 Å². The Kier molecular flexibility index (Phi) is 6.58. The molecule has 0 fully saturated rings. The normalized spacial score (nSPS) is 15.5. The second kappa shape index (κ2) is 6.87. The van der Waals surface area contributed by atoms with Crippen LogP contribution in [0, 0.1) is 11.8 Å². The van der Waals surface area contributed by atoms with Gasteiger partial charge in [-0.2, -0.15) is 0 Å². The maximum absolute atomic E-state index is 11.7. The van der Waals surface area contributed by atoms with Gasteiger partial charge in [-0.05, 0) is 32.1 Å². The summed E-state index contributed by atoms with van der Waals surface area (Å²) in [4.78, 5) is 11.7. The molecule has 17 heavy (non-hydrogen) atoms. The van der Waals surface area contributed by atoms with Crippen molar-refractivity contribution in [1.29, 1.82) is 0 Å². The molecule has 3 heteroatoms. The van der Waals surface area contributed by atoms with Crippen LogP contribution in [0.1, 0.15) is 61.3 Å². The Morgan fingerprint density at radius 1 is 1.18 bits per heavy atom. The molecule has 0 saturated heterocycles. The number of rotatable bonds is 6. The lowest BCUT2D eigenvalue weighted by molar-refractivity contribution is -0.0566. The summed E-state index contributed by atoms with van der Waals surface area (Å²) >= 11 is 0. The predicted octanol–water partition coefficient (Wildman–Crippen LogP) is 4.40. The van der Waals surface area contributed by atoms with E-state index in [0.717, 1.165) is 12.8 Å². The van der Waals surface area contributed by atoms with Crippen LogP contribution in [0.3, 0.4) is 0 Å². The van der Waals surface area contributed by atoms with Crippen molar-refractivity contribution in [2.24, 2.45) is 11.8 Å². The van der Waals surface area contributed by atoms with Crippen LogP contribution in [0.4, 0.5) is 4.79 Å². The van der Waals surface area contributed by atoms with Crippen molar-refractivity contribution in [3.8, 4) is 0 Å². The number of hydrogen-bond donors (Lipinski definition) is 0. The van der Waals surface area contributed by atoms with Crippen LogP contribution in [0.5, 0.6) is 0 Å². The Bertz CT molecular complexity index is 234. The highest BCUT2D eigenvalue weighted by Crippen LogP contribution is 2.22. The van der Waals surface area contributed by atoms with Crippen molar-refractivity contribution in [2.75, 3.05) is 0 Å². The molecule has 3 nitrogen and oxygen atoms in total. The molecule has 102 valence electrons. The van der Waals surface area contributed by atoms with Crippen LogP contribution in [-0.4, -0.2) is 17.9 Å². The van der Waals surface area contributed by atoms with Gasteiger partial charge in [0.1, 0.15) is 11.7 Å². The molecule has 0 amide bonds. The number of carbonyl (C=O) groups is 1. The minimum absolute atomic E-state index is 0.0693. The van der Waals surface area contributed by atoms with E-state index < -0.39 is 11.8 Å². The monoisotopic (exact) mass is 244 g/mol. The molecule has 2 atom stereocenters. The first-order valence-electron chi connectivity index (χ1n) is 6.63. The van der Waals surface area contributed by atoms with Gasteiger partial charge < -0.3 is 9.47 Å². The van der Waals surface area contributed by atoms with E-state index in [1.165, 1.54) is 0 Å². The lowest BCUT2D eigenvalue weighted by Crippen LogP contribution is -2.34. The fourth-order valence-electron chi connectivity index (χ4n) is 1.57. The number of ether oxygens (including phenoxy) is 2. The lowest BCUT2D eigenvalue weighted by atomic mass is 9.93. The first kappa shape index (κ1) is 16.3. The summed E-state index contributed by atoms with van der Waals surface area (Å²) in [5.74, 6) is 0.662. The zero-order chi connectivity index (χ0) is 13.6. The molecule has 0 aliphatic heterocycles. The third-order valence-electron chi connectivity index (χ3n) is 3.31. The number of carbonyl (C=O) groups excluding carboxylic acids is 1. The highest BCUT2D eigenvalue weighted by molar-refractivity contribution is 5.60. The molecule has 0 N–H and O–H groups in total. The molecular weight excluding hydrogens is 216 g/mol. The lowest BCUT2D eigenvalue weighted by Gasteiger charge is -2.29. The standard InChI is InChI=1S/C14H28O3/c1-8-11(5)12(10(3)4)16-13(15)17-14(6,7)9-2/h10-12H,8-9H2,1-7H3. The maximum atomic E-state index is 11.7. The van der Waals surface area contributed by atoms with E-state index in [-0.39, 0.29) is 6.10 Å². The first-order valence-corrected chi connectivity index (χ1v) is 6.63. The zero-order valence-electron chi connectivity index (χ0n) is 12.4. The van der Waals surface area contributed by atoms with E-state index in [2.05, 4.69) is 27.7 Å². The van der Waals surface area contributed by atoms with E-state index in [9.17, 15) is 4.79 Å². The quantitative estimate of drug-likeness (QED) is 0.650. The predicted molar refractivity (Wildman–Crippen MR) is 70.0 cm³/mol. The fourth-order valence-corrected chi connectivity index (χ4v) is 1.57. The van der Waals surface area contributed by atoms with Gasteiger partial charge in [-0.3, -0.25) is 0 Å². The third kappa shape index (κ3) is 5.94. The molecule has 0 radical (unpaired) electrons. The van der Waals surface area contributed by atoms with Crippen molar-refractivity contribution in [3.63, 3.8) is 0 Å². The summed E-state index contributed by atoms with van der Waals surface area (Å²) in [7, 11) is 0. The second-order valence-electron chi connectivity index (χ2n) is 5.68. The van der Waals surface area contributed by atoms with Gasteiger partial charge in [-0.25, -0.2) is 4.79 Å². The van der Waals surface area contributed by atoms with Gasteiger partial charge in [0.25, 0.3) is 0 Å². The van der Waals surface area contributed by atoms with Crippen molar-refractivity contribution in [2.45, 2.75) is 73.0 Å². The number of hydrogen-bond acceptors (Lipinski definition) is 3. The molecule has 0 aromatic carbocycles. The third-order valence-corrected chi connectivity index (χ3v) is 3.31. The average molecular weight is 244 g/mol.